The lowest BCUT2D eigenvalue weighted by Crippen LogP contribution is -2.26. The minimum Gasteiger partial charge on any atom is -0.492 e. The van der Waals surface area contributed by atoms with Crippen LogP contribution in [-0.2, 0) is 11.2 Å². The van der Waals surface area contributed by atoms with Gasteiger partial charge in [-0.25, -0.2) is 0 Å². The molecule has 6 nitrogen and oxygen atoms in total. The average molecular weight is 454 g/mol. The maximum atomic E-state index is 12.9. The fourth-order valence-electron chi connectivity index (χ4n) is 3.98. The molecule has 0 spiro atoms. The van der Waals surface area contributed by atoms with E-state index >= 15 is 0 Å². The lowest BCUT2D eigenvalue weighted by atomic mass is 9.95. The number of rotatable bonds is 8. The molecule has 1 amide bonds. The normalized spacial score (nSPS) is 14.3. The molecule has 0 bridgehead atoms. The van der Waals surface area contributed by atoms with Gasteiger partial charge < -0.3 is 19.5 Å². The first-order chi connectivity index (χ1) is 15.4. The van der Waals surface area contributed by atoms with E-state index in [4.69, 9.17) is 14.2 Å². The molecular formula is C25H27NO5S. The molecule has 1 aliphatic carbocycles. The minimum atomic E-state index is -0.329. The van der Waals surface area contributed by atoms with Crippen molar-refractivity contribution in [3.8, 4) is 28.4 Å². The van der Waals surface area contributed by atoms with Gasteiger partial charge in [0.05, 0.1) is 25.2 Å². The predicted octanol–water partition coefficient (Wildman–Crippen LogP) is 4.65. The topological polar surface area (TPSA) is 73.9 Å². The van der Waals surface area contributed by atoms with Crippen LogP contribution in [0.5, 0.6) is 17.2 Å². The van der Waals surface area contributed by atoms with Gasteiger partial charge >= 0.3 is 0 Å². The van der Waals surface area contributed by atoms with Crippen LogP contribution in [0.1, 0.15) is 30.5 Å². The zero-order valence-corrected chi connectivity index (χ0v) is 19.3. The molecule has 7 heteroatoms. The fourth-order valence-corrected chi connectivity index (χ4v) is 4.49. The van der Waals surface area contributed by atoms with Crippen LogP contribution in [0.4, 0.5) is 0 Å². The molecule has 0 aliphatic heterocycles. The Labute approximate surface area is 192 Å². The van der Waals surface area contributed by atoms with Gasteiger partial charge in [0.25, 0.3) is 0 Å². The highest BCUT2D eigenvalue weighted by atomic mass is 32.2. The Morgan fingerprint density at radius 3 is 2.59 bits per heavy atom. The first kappa shape index (κ1) is 23.5. The maximum Gasteiger partial charge on any atom is 0.217 e. The van der Waals surface area contributed by atoms with Gasteiger partial charge in [-0.3, -0.25) is 9.59 Å². The van der Waals surface area contributed by atoms with Gasteiger partial charge in [-0.2, -0.15) is 0 Å². The van der Waals surface area contributed by atoms with Crippen LogP contribution in [0.3, 0.4) is 0 Å². The van der Waals surface area contributed by atoms with Crippen molar-refractivity contribution >= 4 is 17.7 Å². The number of hydrogen-bond acceptors (Lipinski definition) is 6. The number of carbonyl (C=O) groups is 1. The molecule has 168 valence electrons. The molecule has 2 aromatic carbocycles. The first-order valence-corrected chi connectivity index (χ1v) is 11.1. The van der Waals surface area contributed by atoms with Crippen molar-refractivity contribution in [2.45, 2.75) is 30.7 Å². The molecule has 1 atom stereocenters. The average Bonchev–Trinajstić information content (AvgIpc) is 3.01. The standard InChI is InChI=1S/C25H27NO5S/c1-6-12-31-21-13-16-8-10-19(26-15(3)27)18-14-20(28)22(32-7-2)11-9-17(18)23(16)25(30-5)24(21)29-4/h6-7,9,11,13-14,19H,1-2,8,10,12H2,3-5H3,(H,26,27). The van der Waals surface area contributed by atoms with Gasteiger partial charge in [0, 0.05) is 12.5 Å². The van der Waals surface area contributed by atoms with E-state index in [1.165, 1.54) is 18.7 Å². The highest BCUT2D eigenvalue weighted by Gasteiger charge is 2.29. The van der Waals surface area contributed by atoms with Crippen LogP contribution in [0.15, 0.2) is 58.6 Å². The van der Waals surface area contributed by atoms with E-state index in [0.29, 0.717) is 41.6 Å². The number of benzene rings is 1. The summed E-state index contributed by atoms with van der Waals surface area (Å²) in [6, 6.07) is 6.88. The highest BCUT2D eigenvalue weighted by molar-refractivity contribution is 8.02. The molecule has 1 N–H and O–H groups in total. The van der Waals surface area contributed by atoms with E-state index < -0.39 is 0 Å². The Morgan fingerprint density at radius 2 is 1.97 bits per heavy atom. The Hall–Kier alpha value is -3.19. The molecule has 0 saturated heterocycles. The summed E-state index contributed by atoms with van der Waals surface area (Å²) in [5, 5.41) is 4.62. The zero-order valence-electron chi connectivity index (χ0n) is 18.5. The third-order valence-corrected chi connectivity index (χ3v) is 5.98. The molecule has 0 radical (unpaired) electrons. The Bertz CT molecular complexity index is 1110. The monoisotopic (exact) mass is 453 g/mol. The van der Waals surface area contributed by atoms with Crippen molar-refractivity contribution in [1.82, 2.24) is 5.32 Å². The lowest BCUT2D eigenvalue weighted by molar-refractivity contribution is -0.119. The number of ether oxygens (including phenoxy) is 3. The van der Waals surface area contributed by atoms with Crippen LogP contribution in [0.25, 0.3) is 11.1 Å². The van der Waals surface area contributed by atoms with Crippen molar-refractivity contribution in [3.05, 3.63) is 70.3 Å². The van der Waals surface area contributed by atoms with Crippen molar-refractivity contribution in [2.75, 3.05) is 20.8 Å². The molecule has 32 heavy (non-hydrogen) atoms. The maximum absolute atomic E-state index is 12.9. The van der Waals surface area contributed by atoms with Gasteiger partial charge in [-0.1, -0.05) is 37.1 Å². The summed E-state index contributed by atoms with van der Waals surface area (Å²) in [6.45, 7) is 9.21. The number of methoxy groups -OCH3 is 2. The summed E-state index contributed by atoms with van der Waals surface area (Å²) >= 11 is 1.26. The lowest BCUT2D eigenvalue weighted by Gasteiger charge is -2.20. The molecule has 1 unspecified atom stereocenters. The van der Waals surface area contributed by atoms with E-state index in [2.05, 4.69) is 18.5 Å². The van der Waals surface area contributed by atoms with Crippen LogP contribution in [-0.4, -0.2) is 26.7 Å². The van der Waals surface area contributed by atoms with Gasteiger partial charge in [-0.05, 0) is 53.1 Å². The van der Waals surface area contributed by atoms with Crippen LogP contribution in [0, 0.1) is 0 Å². The summed E-state index contributed by atoms with van der Waals surface area (Å²) in [6.07, 6.45) is 2.92. The summed E-state index contributed by atoms with van der Waals surface area (Å²) in [7, 11) is 3.13. The highest BCUT2D eigenvalue weighted by Crippen LogP contribution is 2.50. The van der Waals surface area contributed by atoms with E-state index in [1.54, 1.807) is 37.8 Å². The van der Waals surface area contributed by atoms with Crippen LogP contribution in [0.2, 0.25) is 0 Å². The molecule has 0 heterocycles. The largest absolute Gasteiger partial charge is 0.492 e. The molecule has 0 fully saturated rings. The van der Waals surface area contributed by atoms with Gasteiger partial charge in [0.15, 0.2) is 16.9 Å². The van der Waals surface area contributed by atoms with Crippen molar-refractivity contribution in [2.24, 2.45) is 0 Å². The van der Waals surface area contributed by atoms with Gasteiger partial charge in [0.1, 0.15) is 6.61 Å². The number of thioether (sulfide) groups is 1. The van der Waals surface area contributed by atoms with Gasteiger partial charge in [0.2, 0.25) is 11.7 Å². The quantitative estimate of drug-likeness (QED) is 0.463. The minimum absolute atomic E-state index is 0.133. The molecule has 0 aromatic heterocycles. The van der Waals surface area contributed by atoms with Crippen molar-refractivity contribution in [1.29, 1.82) is 0 Å². The predicted molar refractivity (Wildman–Crippen MR) is 128 cm³/mol. The Balaban J connectivity index is 2.37. The summed E-state index contributed by atoms with van der Waals surface area (Å²) in [5.41, 5.74) is 3.21. The molecule has 3 rings (SSSR count). The number of fused-ring (bicyclic) bond motifs is 3. The second kappa shape index (κ2) is 10.4. The Morgan fingerprint density at radius 1 is 1.22 bits per heavy atom. The summed E-state index contributed by atoms with van der Waals surface area (Å²) in [5.74, 6) is 1.37. The second-order valence-corrected chi connectivity index (χ2v) is 8.24. The SMILES string of the molecule is C=CCOc1cc2c(c(OC)c1OC)-c1ccc(SC=C)c(=O)cc1C(NC(C)=O)CC2. The van der Waals surface area contributed by atoms with E-state index in [0.717, 1.165) is 22.3 Å². The van der Waals surface area contributed by atoms with Crippen LogP contribution >= 0.6 is 11.8 Å². The third-order valence-electron chi connectivity index (χ3n) is 5.23. The first-order valence-electron chi connectivity index (χ1n) is 10.2. The molecular weight excluding hydrogens is 426 g/mol. The number of carbonyl (C=O) groups excluding carboxylic acids is 1. The van der Waals surface area contributed by atoms with E-state index in [-0.39, 0.29) is 17.4 Å². The summed E-state index contributed by atoms with van der Waals surface area (Å²) in [4.78, 5) is 25.4. The van der Waals surface area contributed by atoms with Crippen molar-refractivity contribution in [3.63, 3.8) is 0 Å². The van der Waals surface area contributed by atoms with Crippen LogP contribution < -0.4 is 25.0 Å². The second-order valence-electron chi connectivity index (χ2n) is 7.23. The smallest absolute Gasteiger partial charge is 0.217 e. The fraction of sp³-hybridized carbons (Fsp3) is 0.280. The van der Waals surface area contributed by atoms with E-state index in [9.17, 15) is 9.59 Å². The number of nitrogens with one attached hydrogen (secondary N) is 1. The van der Waals surface area contributed by atoms with Crippen molar-refractivity contribution < 1.29 is 19.0 Å². The summed E-state index contributed by atoms with van der Waals surface area (Å²) < 4.78 is 17.3. The zero-order chi connectivity index (χ0) is 23.3. The number of aryl methyl sites for hydroxylation is 1. The third kappa shape index (κ3) is 4.67. The molecule has 1 aliphatic rings. The van der Waals surface area contributed by atoms with E-state index in [1.807, 2.05) is 12.1 Å². The molecule has 2 aromatic rings. The molecule has 0 saturated carbocycles. The number of amides is 1. The van der Waals surface area contributed by atoms with Gasteiger partial charge in [-0.15, -0.1) is 0 Å². The number of hydrogen-bond donors (Lipinski definition) is 1. The Kier molecular flexibility index (Phi) is 7.64.